The number of nitrogens with two attached hydrogens (primary N) is 1. The minimum atomic E-state index is -1.08. The molecule has 2 rings (SSSR count). The Balaban J connectivity index is 1.95. The van der Waals surface area contributed by atoms with Crippen molar-refractivity contribution in [3.8, 4) is 11.8 Å². The summed E-state index contributed by atoms with van der Waals surface area (Å²) in [7, 11) is 0. The van der Waals surface area contributed by atoms with Crippen LogP contribution in [0.4, 0.5) is 0 Å². The third-order valence-corrected chi connectivity index (χ3v) is 5.40. The molecule has 2 aromatic carbocycles. The van der Waals surface area contributed by atoms with Crippen molar-refractivity contribution in [3.05, 3.63) is 70.8 Å². The van der Waals surface area contributed by atoms with Crippen molar-refractivity contribution in [2.45, 2.75) is 50.9 Å². The van der Waals surface area contributed by atoms with Crippen LogP contribution >= 0.6 is 0 Å². The second kappa shape index (κ2) is 14.6. The molecular weight excluding hydrogens is 464 g/mol. The number of amides is 2. The van der Waals surface area contributed by atoms with Gasteiger partial charge in [-0.25, -0.2) is 10.3 Å². The Hall–Kier alpha value is -3.75. The number of benzene rings is 2. The van der Waals surface area contributed by atoms with E-state index in [1.54, 1.807) is 24.3 Å². The molecule has 0 aliphatic heterocycles. The summed E-state index contributed by atoms with van der Waals surface area (Å²) in [5.74, 6) is 3.77. The fourth-order valence-electron chi connectivity index (χ4n) is 3.33. The Morgan fingerprint density at radius 1 is 0.972 bits per heavy atom. The van der Waals surface area contributed by atoms with Gasteiger partial charge in [-0.15, -0.1) is 0 Å². The van der Waals surface area contributed by atoms with Crippen molar-refractivity contribution in [3.63, 3.8) is 0 Å². The average Bonchev–Trinajstić information content (AvgIpc) is 2.87. The molecule has 0 saturated heterocycles. The van der Waals surface area contributed by atoms with Crippen LogP contribution in [0.3, 0.4) is 0 Å². The van der Waals surface area contributed by atoms with Crippen molar-refractivity contribution < 1.29 is 29.8 Å². The number of carbonyl (C=O) groups is 3. The number of carboxylic acids is 1. The molecule has 0 aliphatic carbocycles. The van der Waals surface area contributed by atoms with Crippen LogP contribution in [0.2, 0.25) is 0 Å². The molecule has 3 atom stereocenters. The zero-order valence-electron chi connectivity index (χ0n) is 20.0. The second-order valence-electron chi connectivity index (χ2n) is 8.25. The first-order valence-corrected chi connectivity index (χ1v) is 11.5. The number of aliphatic carboxylic acids is 1. The number of aliphatic hydroxyl groups is 1. The van der Waals surface area contributed by atoms with Gasteiger partial charge >= 0.3 is 5.97 Å². The van der Waals surface area contributed by atoms with E-state index in [2.05, 4.69) is 22.5 Å². The minimum absolute atomic E-state index is 0.302. The summed E-state index contributed by atoms with van der Waals surface area (Å²) in [5.41, 5.74) is 9.60. The second-order valence-corrected chi connectivity index (χ2v) is 8.25. The molecule has 0 heterocycles. The summed E-state index contributed by atoms with van der Waals surface area (Å²) in [5, 5.41) is 33.2. The maximum absolute atomic E-state index is 12.4. The number of rotatable bonds is 12. The number of carboxylic acid groups (broad SMARTS) is 1. The zero-order chi connectivity index (χ0) is 26.5. The third kappa shape index (κ3) is 9.13. The first-order chi connectivity index (χ1) is 17.2. The number of aliphatic hydroxyl groups excluding tert-OH is 1. The largest absolute Gasteiger partial charge is 0.480 e. The van der Waals surface area contributed by atoms with Gasteiger partial charge in [0, 0.05) is 23.2 Å². The molecule has 2 amide bonds. The molecule has 0 aromatic heterocycles. The van der Waals surface area contributed by atoms with Crippen LogP contribution in [0.1, 0.15) is 53.2 Å². The molecule has 0 aliphatic rings. The highest BCUT2D eigenvalue weighted by Crippen LogP contribution is 2.08. The summed E-state index contributed by atoms with van der Waals surface area (Å²) in [6, 6.07) is 11.9. The molecule has 0 spiro atoms. The van der Waals surface area contributed by atoms with Gasteiger partial charge in [0.25, 0.3) is 11.8 Å². The van der Waals surface area contributed by atoms with Gasteiger partial charge in [-0.05, 0) is 74.7 Å². The number of hydrogen-bond donors (Lipinski definition) is 7. The quantitative estimate of drug-likeness (QED) is 0.0975. The summed E-state index contributed by atoms with van der Waals surface area (Å²) in [4.78, 5) is 35.4. The van der Waals surface area contributed by atoms with E-state index in [0.29, 0.717) is 43.5 Å². The molecule has 0 fully saturated rings. The fourth-order valence-corrected chi connectivity index (χ4v) is 3.33. The number of nitrogens with one attached hydrogen (secondary N) is 3. The Morgan fingerprint density at radius 2 is 1.56 bits per heavy atom. The van der Waals surface area contributed by atoms with Gasteiger partial charge in [-0.1, -0.05) is 24.0 Å². The normalized spacial score (nSPS) is 13.0. The molecule has 8 N–H and O–H groups in total. The number of carbonyl (C=O) groups excluding carboxylic acids is 2. The number of hydrogen-bond acceptors (Lipinski definition) is 7. The Bertz CT molecular complexity index is 1070. The SMILES string of the molecule is C[C@@H](O)[C@H](NCc1ccc(C#Cc2ccc(C(=O)N[C@@H](CCCCN)C(=O)O)cc2)cc1)C(=O)NO. The standard InChI is InChI=1S/C26H32N4O6/c1-17(31)23(25(33)30-36)28-16-20-9-7-18(8-10-20)5-6-19-11-13-21(14-12-19)24(32)29-22(26(34)35)4-2-3-15-27/h7-14,17,22-23,28,31,36H,2-4,15-16,27H2,1H3,(H,29,32)(H,30,33)(H,34,35)/t17-,22+,23+/m1/s1. The van der Waals surface area contributed by atoms with Gasteiger partial charge in [0.05, 0.1) is 6.10 Å². The van der Waals surface area contributed by atoms with Crippen LogP contribution in [-0.2, 0) is 16.1 Å². The van der Waals surface area contributed by atoms with E-state index < -0.39 is 36.0 Å². The van der Waals surface area contributed by atoms with Gasteiger partial charge in [-0.3, -0.25) is 20.1 Å². The summed E-state index contributed by atoms with van der Waals surface area (Å²) in [6.07, 6.45) is 0.637. The topological polar surface area (TPSA) is 174 Å². The van der Waals surface area contributed by atoms with Gasteiger partial charge in [0.15, 0.2) is 0 Å². The third-order valence-electron chi connectivity index (χ3n) is 5.40. The molecule has 192 valence electrons. The molecular formula is C26H32N4O6. The first kappa shape index (κ1) is 28.5. The monoisotopic (exact) mass is 496 g/mol. The number of unbranched alkanes of at least 4 members (excludes halogenated alkanes) is 1. The smallest absolute Gasteiger partial charge is 0.326 e. The van der Waals surface area contributed by atoms with E-state index in [9.17, 15) is 24.6 Å². The van der Waals surface area contributed by atoms with Gasteiger partial charge < -0.3 is 21.3 Å². The van der Waals surface area contributed by atoms with Crippen molar-refractivity contribution in [1.29, 1.82) is 0 Å². The van der Waals surface area contributed by atoms with Gasteiger partial charge in [0.1, 0.15) is 12.1 Å². The predicted molar refractivity (Wildman–Crippen MR) is 133 cm³/mol. The van der Waals surface area contributed by atoms with Crippen molar-refractivity contribution in [2.24, 2.45) is 5.73 Å². The van der Waals surface area contributed by atoms with Gasteiger partial charge in [-0.2, -0.15) is 0 Å². The van der Waals surface area contributed by atoms with Crippen LogP contribution in [0, 0.1) is 11.8 Å². The highest BCUT2D eigenvalue weighted by atomic mass is 16.5. The van der Waals surface area contributed by atoms with Crippen LogP contribution in [0.5, 0.6) is 0 Å². The lowest BCUT2D eigenvalue weighted by molar-refractivity contribution is -0.139. The van der Waals surface area contributed by atoms with E-state index in [4.69, 9.17) is 10.9 Å². The lowest BCUT2D eigenvalue weighted by Crippen LogP contribution is -2.49. The summed E-state index contributed by atoms with van der Waals surface area (Å²) >= 11 is 0. The lowest BCUT2D eigenvalue weighted by atomic mass is 10.1. The highest BCUT2D eigenvalue weighted by molar-refractivity contribution is 5.96. The average molecular weight is 497 g/mol. The van der Waals surface area contributed by atoms with E-state index in [-0.39, 0.29) is 0 Å². The maximum Gasteiger partial charge on any atom is 0.326 e. The van der Waals surface area contributed by atoms with E-state index >= 15 is 0 Å². The van der Waals surface area contributed by atoms with Gasteiger partial charge in [0.2, 0.25) is 0 Å². The van der Waals surface area contributed by atoms with E-state index in [1.807, 2.05) is 24.3 Å². The minimum Gasteiger partial charge on any atom is -0.480 e. The number of hydroxylamine groups is 1. The highest BCUT2D eigenvalue weighted by Gasteiger charge is 2.22. The van der Waals surface area contributed by atoms with E-state index in [0.717, 1.165) is 11.1 Å². The Kier molecular flexibility index (Phi) is 11.6. The van der Waals surface area contributed by atoms with Crippen LogP contribution in [-0.4, -0.2) is 57.9 Å². The Morgan fingerprint density at radius 3 is 2.06 bits per heavy atom. The predicted octanol–water partition coefficient (Wildman–Crippen LogP) is 0.743. The zero-order valence-corrected chi connectivity index (χ0v) is 20.0. The molecule has 0 radical (unpaired) electrons. The van der Waals surface area contributed by atoms with Crippen LogP contribution in [0.15, 0.2) is 48.5 Å². The molecule has 0 unspecified atom stereocenters. The fraction of sp³-hybridized carbons (Fsp3) is 0.346. The van der Waals surface area contributed by atoms with Crippen LogP contribution in [0.25, 0.3) is 0 Å². The molecule has 10 heteroatoms. The Labute approximate surface area is 209 Å². The van der Waals surface area contributed by atoms with Crippen molar-refractivity contribution in [2.75, 3.05) is 6.54 Å². The van der Waals surface area contributed by atoms with Crippen LogP contribution < -0.4 is 21.8 Å². The summed E-state index contributed by atoms with van der Waals surface area (Å²) < 4.78 is 0. The summed E-state index contributed by atoms with van der Waals surface area (Å²) in [6.45, 7) is 2.22. The molecule has 10 nitrogen and oxygen atoms in total. The molecule has 0 bridgehead atoms. The first-order valence-electron chi connectivity index (χ1n) is 11.5. The van der Waals surface area contributed by atoms with E-state index in [1.165, 1.54) is 12.4 Å². The molecule has 0 saturated carbocycles. The maximum atomic E-state index is 12.4. The molecule has 2 aromatic rings. The lowest BCUT2D eigenvalue weighted by Gasteiger charge is -2.19. The van der Waals surface area contributed by atoms with Crippen molar-refractivity contribution in [1.82, 2.24) is 16.1 Å². The van der Waals surface area contributed by atoms with Crippen molar-refractivity contribution >= 4 is 17.8 Å². The molecule has 36 heavy (non-hydrogen) atoms.